The van der Waals surface area contributed by atoms with E-state index in [1.54, 1.807) is 36.4 Å². The van der Waals surface area contributed by atoms with Crippen LogP contribution in [0.15, 0.2) is 47.3 Å². The van der Waals surface area contributed by atoms with Crippen molar-refractivity contribution in [3.05, 3.63) is 58.5 Å². The average molecular weight is 405 g/mol. The fourth-order valence-corrected chi connectivity index (χ4v) is 4.25. The van der Waals surface area contributed by atoms with Crippen LogP contribution in [0.1, 0.15) is 49.5 Å². The van der Waals surface area contributed by atoms with Gasteiger partial charge in [-0.2, -0.15) is 5.10 Å². The van der Waals surface area contributed by atoms with E-state index in [4.69, 9.17) is 9.47 Å². The van der Waals surface area contributed by atoms with E-state index in [2.05, 4.69) is 10.4 Å². The summed E-state index contributed by atoms with van der Waals surface area (Å²) in [7, 11) is 0. The standard InChI is InChI=1S/C23H23N3O4/c1-2-13-26-22(28)17-8-4-3-7-16(17)20(25-26)21(27)24-15-9-10-18-19(14-15)30-23(29-18)11-5-6-12-23/h3-4,7-10,14H,2,5-6,11-13H2,1H3,(H,24,27). The molecule has 0 saturated heterocycles. The second-order valence-electron chi connectivity index (χ2n) is 7.86. The molecule has 7 nitrogen and oxygen atoms in total. The third kappa shape index (κ3) is 3.10. The normalized spacial score (nSPS) is 16.3. The van der Waals surface area contributed by atoms with Crippen molar-refractivity contribution in [3.8, 4) is 11.5 Å². The maximum Gasteiger partial charge on any atom is 0.276 e. The van der Waals surface area contributed by atoms with E-state index in [1.807, 2.05) is 13.0 Å². The Morgan fingerprint density at radius 2 is 1.83 bits per heavy atom. The molecule has 1 saturated carbocycles. The van der Waals surface area contributed by atoms with Crippen LogP contribution in [0, 0.1) is 0 Å². The monoisotopic (exact) mass is 405 g/mol. The molecule has 154 valence electrons. The van der Waals surface area contributed by atoms with E-state index < -0.39 is 5.79 Å². The lowest BCUT2D eigenvalue weighted by Crippen LogP contribution is -2.34. The van der Waals surface area contributed by atoms with Crippen molar-refractivity contribution in [2.75, 3.05) is 5.32 Å². The van der Waals surface area contributed by atoms with Crippen LogP contribution < -0.4 is 20.3 Å². The number of hydrogen-bond acceptors (Lipinski definition) is 5. The van der Waals surface area contributed by atoms with E-state index in [0.717, 1.165) is 32.1 Å². The number of aromatic nitrogens is 2. The molecule has 1 aromatic heterocycles. The van der Waals surface area contributed by atoms with E-state index >= 15 is 0 Å². The third-order valence-electron chi connectivity index (χ3n) is 5.68. The van der Waals surface area contributed by atoms with Crippen LogP contribution in [0.25, 0.3) is 10.8 Å². The van der Waals surface area contributed by atoms with Gasteiger partial charge in [0, 0.05) is 36.5 Å². The molecule has 2 heterocycles. The maximum absolute atomic E-state index is 13.1. The van der Waals surface area contributed by atoms with Crippen molar-refractivity contribution in [1.82, 2.24) is 9.78 Å². The number of anilines is 1. The lowest BCUT2D eigenvalue weighted by Gasteiger charge is -2.21. The molecule has 2 aliphatic rings. The fourth-order valence-electron chi connectivity index (χ4n) is 4.25. The van der Waals surface area contributed by atoms with Gasteiger partial charge in [-0.25, -0.2) is 4.68 Å². The zero-order chi connectivity index (χ0) is 20.7. The third-order valence-corrected chi connectivity index (χ3v) is 5.68. The number of aryl methyl sites for hydroxylation is 1. The molecule has 30 heavy (non-hydrogen) atoms. The quantitative estimate of drug-likeness (QED) is 0.707. The molecule has 1 aliphatic heterocycles. The number of carbonyl (C=O) groups excluding carboxylic acids is 1. The summed E-state index contributed by atoms with van der Waals surface area (Å²) in [5.41, 5.74) is 0.633. The van der Waals surface area contributed by atoms with Crippen molar-refractivity contribution in [3.63, 3.8) is 0 Å². The highest BCUT2D eigenvalue weighted by molar-refractivity contribution is 6.11. The summed E-state index contributed by atoms with van der Waals surface area (Å²) in [4.78, 5) is 25.7. The van der Waals surface area contributed by atoms with Crippen LogP contribution in [0.2, 0.25) is 0 Å². The van der Waals surface area contributed by atoms with Crippen molar-refractivity contribution in [2.24, 2.45) is 0 Å². The summed E-state index contributed by atoms with van der Waals surface area (Å²) in [6.07, 6.45) is 4.67. The summed E-state index contributed by atoms with van der Waals surface area (Å²) in [5, 5.41) is 8.27. The fraction of sp³-hybridized carbons (Fsp3) is 0.348. The number of fused-ring (bicyclic) bond motifs is 2. The van der Waals surface area contributed by atoms with Crippen molar-refractivity contribution < 1.29 is 14.3 Å². The SMILES string of the molecule is CCCn1nc(C(=O)Nc2ccc3c(c2)OC2(CCCC2)O3)c2ccccc2c1=O. The molecule has 5 rings (SSSR count). The van der Waals surface area contributed by atoms with Gasteiger partial charge in [-0.05, 0) is 37.5 Å². The van der Waals surface area contributed by atoms with Gasteiger partial charge in [0.2, 0.25) is 0 Å². The molecule has 1 spiro atoms. The van der Waals surface area contributed by atoms with Gasteiger partial charge in [-0.1, -0.05) is 25.1 Å². The Kier molecular flexibility index (Phi) is 4.46. The van der Waals surface area contributed by atoms with Crippen molar-refractivity contribution in [1.29, 1.82) is 0 Å². The lowest BCUT2D eigenvalue weighted by molar-refractivity contribution is -0.0716. The predicted molar refractivity (Wildman–Crippen MR) is 113 cm³/mol. The zero-order valence-corrected chi connectivity index (χ0v) is 16.8. The average Bonchev–Trinajstić information content (AvgIpc) is 3.35. The van der Waals surface area contributed by atoms with Gasteiger partial charge in [0.05, 0.1) is 5.39 Å². The van der Waals surface area contributed by atoms with Gasteiger partial charge >= 0.3 is 0 Å². The largest absolute Gasteiger partial charge is 0.448 e. The summed E-state index contributed by atoms with van der Waals surface area (Å²) >= 11 is 0. The van der Waals surface area contributed by atoms with Gasteiger partial charge in [-0.15, -0.1) is 0 Å². The first kappa shape index (κ1) is 18.7. The second kappa shape index (κ2) is 7.16. The zero-order valence-electron chi connectivity index (χ0n) is 16.8. The Morgan fingerprint density at radius 3 is 2.60 bits per heavy atom. The minimum absolute atomic E-state index is 0.186. The molecule has 0 atom stereocenters. The van der Waals surface area contributed by atoms with Gasteiger partial charge in [0.25, 0.3) is 17.3 Å². The number of rotatable bonds is 4. The summed E-state index contributed by atoms with van der Waals surface area (Å²) in [6, 6.07) is 12.5. The predicted octanol–water partition coefficient (Wildman–Crippen LogP) is 4.10. The molecule has 1 N–H and O–H groups in total. The number of carbonyl (C=O) groups is 1. The smallest absolute Gasteiger partial charge is 0.276 e. The Bertz CT molecular complexity index is 1190. The van der Waals surface area contributed by atoms with Crippen LogP contribution in [0.4, 0.5) is 5.69 Å². The number of benzene rings is 2. The second-order valence-corrected chi connectivity index (χ2v) is 7.86. The number of amides is 1. The van der Waals surface area contributed by atoms with Crippen LogP contribution >= 0.6 is 0 Å². The highest BCUT2D eigenvalue weighted by Gasteiger charge is 2.44. The van der Waals surface area contributed by atoms with E-state index in [9.17, 15) is 9.59 Å². The van der Waals surface area contributed by atoms with E-state index in [-0.39, 0.29) is 17.2 Å². The topological polar surface area (TPSA) is 82.5 Å². The molecular formula is C23H23N3O4. The van der Waals surface area contributed by atoms with Gasteiger partial charge in [0.15, 0.2) is 17.2 Å². The first-order valence-electron chi connectivity index (χ1n) is 10.4. The molecule has 2 aromatic carbocycles. The molecule has 0 bridgehead atoms. The Hall–Kier alpha value is -3.35. The summed E-state index contributed by atoms with van der Waals surface area (Å²) < 4.78 is 13.5. The van der Waals surface area contributed by atoms with Crippen LogP contribution in [0.3, 0.4) is 0 Å². The summed E-state index contributed by atoms with van der Waals surface area (Å²) in [6.45, 7) is 2.42. The Balaban J connectivity index is 1.46. The highest BCUT2D eigenvalue weighted by atomic mass is 16.7. The van der Waals surface area contributed by atoms with Gasteiger partial charge < -0.3 is 14.8 Å². The molecule has 1 amide bonds. The molecule has 1 aliphatic carbocycles. The van der Waals surface area contributed by atoms with Crippen LogP contribution in [-0.4, -0.2) is 21.5 Å². The minimum Gasteiger partial charge on any atom is -0.448 e. The minimum atomic E-state index is -0.543. The van der Waals surface area contributed by atoms with E-state index in [1.165, 1.54) is 4.68 Å². The number of nitrogens with zero attached hydrogens (tertiary/aromatic N) is 2. The van der Waals surface area contributed by atoms with Gasteiger partial charge in [-0.3, -0.25) is 9.59 Å². The molecular weight excluding hydrogens is 382 g/mol. The lowest BCUT2D eigenvalue weighted by atomic mass is 10.1. The first-order valence-corrected chi connectivity index (χ1v) is 10.4. The molecule has 0 unspecified atom stereocenters. The first-order chi connectivity index (χ1) is 14.6. The maximum atomic E-state index is 13.1. The van der Waals surface area contributed by atoms with E-state index in [0.29, 0.717) is 34.5 Å². The number of hydrogen-bond donors (Lipinski definition) is 1. The molecule has 3 aromatic rings. The van der Waals surface area contributed by atoms with Crippen molar-refractivity contribution >= 4 is 22.4 Å². The van der Waals surface area contributed by atoms with Gasteiger partial charge in [0.1, 0.15) is 0 Å². The molecule has 1 fully saturated rings. The Morgan fingerprint density at radius 1 is 1.10 bits per heavy atom. The summed E-state index contributed by atoms with van der Waals surface area (Å²) in [5.74, 6) is 0.433. The molecule has 0 radical (unpaired) electrons. The Labute approximate surface area is 173 Å². The van der Waals surface area contributed by atoms with Crippen LogP contribution in [0.5, 0.6) is 11.5 Å². The van der Waals surface area contributed by atoms with Crippen LogP contribution in [-0.2, 0) is 6.54 Å². The highest BCUT2D eigenvalue weighted by Crippen LogP contribution is 2.47. The number of nitrogens with one attached hydrogen (secondary N) is 1. The van der Waals surface area contributed by atoms with Crippen molar-refractivity contribution in [2.45, 2.75) is 51.4 Å². The number of ether oxygens (including phenoxy) is 2. The molecule has 7 heteroatoms.